The molecule has 2 aromatic rings. The molecule has 0 aromatic carbocycles. The Kier molecular flexibility index (Phi) is 8.08. The van der Waals surface area contributed by atoms with Crippen LogP contribution >= 0.6 is 0 Å². The van der Waals surface area contributed by atoms with E-state index in [1.165, 1.54) is 0 Å². The zero-order chi connectivity index (χ0) is 21.4. The summed E-state index contributed by atoms with van der Waals surface area (Å²) >= 11 is 0. The number of carbonyl (C=O) groups is 2. The van der Waals surface area contributed by atoms with Gasteiger partial charge in [0, 0.05) is 44.6 Å². The number of aryl methyl sites for hydroxylation is 1. The van der Waals surface area contributed by atoms with Gasteiger partial charge in [-0.3, -0.25) is 9.59 Å². The first-order valence-corrected chi connectivity index (χ1v) is 9.91. The van der Waals surface area contributed by atoms with Gasteiger partial charge in [0.05, 0.1) is 25.9 Å². The maximum Gasteiger partial charge on any atom is 0.242 e. The van der Waals surface area contributed by atoms with Gasteiger partial charge < -0.3 is 23.5 Å². The molecule has 160 valence electrons. The van der Waals surface area contributed by atoms with Crippen LogP contribution in [0.2, 0.25) is 0 Å². The van der Waals surface area contributed by atoms with Crippen LogP contribution in [0.4, 0.5) is 0 Å². The SMILES string of the molecule is COCCCN(CC(=O)N(Cc1ccco1)Cc1cccn1C)C(=O)C(C)(C)C. The van der Waals surface area contributed by atoms with Gasteiger partial charge in [0.25, 0.3) is 0 Å². The van der Waals surface area contributed by atoms with Gasteiger partial charge in [0.1, 0.15) is 5.76 Å². The maximum absolute atomic E-state index is 13.2. The summed E-state index contributed by atoms with van der Waals surface area (Å²) in [5.41, 5.74) is 0.454. The normalized spacial score (nSPS) is 11.5. The number of hydrogen-bond donors (Lipinski definition) is 0. The number of nitrogens with zero attached hydrogens (tertiary/aromatic N) is 3. The first-order chi connectivity index (χ1) is 13.7. The van der Waals surface area contributed by atoms with Crippen molar-refractivity contribution in [3.8, 4) is 0 Å². The number of furan rings is 1. The van der Waals surface area contributed by atoms with Crippen LogP contribution in [0, 0.1) is 5.41 Å². The van der Waals surface area contributed by atoms with Crippen LogP contribution in [0.5, 0.6) is 0 Å². The van der Waals surface area contributed by atoms with Gasteiger partial charge in [0.15, 0.2) is 0 Å². The Morgan fingerprint density at radius 2 is 1.90 bits per heavy atom. The molecule has 0 N–H and O–H groups in total. The van der Waals surface area contributed by atoms with Gasteiger partial charge >= 0.3 is 0 Å². The second-order valence-corrected chi connectivity index (χ2v) is 8.26. The van der Waals surface area contributed by atoms with Crippen molar-refractivity contribution >= 4 is 11.8 Å². The average molecular weight is 404 g/mol. The van der Waals surface area contributed by atoms with Gasteiger partial charge in [-0.15, -0.1) is 0 Å². The molecule has 0 fully saturated rings. The summed E-state index contributed by atoms with van der Waals surface area (Å²) in [5.74, 6) is 0.553. The molecule has 0 radical (unpaired) electrons. The summed E-state index contributed by atoms with van der Waals surface area (Å²) in [4.78, 5) is 29.5. The van der Waals surface area contributed by atoms with E-state index in [4.69, 9.17) is 9.15 Å². The van der Waals surface area contributed by atoms with E-state index in [1.54, 1.807) is 29.2 Å². The van der Waals surface area contributed by atoms with E-state index in [0.717, 1.165) is 5.69 Å². The fourth-order valence-electron chi connectivity index (χ4n) is 3.07. The maximum atomic E-state index is 13.2. The predicted molar refractivity (Wildman–Crippen MR) is 111 cm³/mol. The van der Waals surface area contributed by atoms with Crippen LogP contribution in [-0.2, 0) is 34.5 Å². The van der Waals surface area contributed by atoms with Crippen molar-refractivity contribution in [1.82, 2.24) is 14.4 Å². The van der Waals surface area contributed by atoms with Crippen LogP contribution in [0.25, 0.3) is 0 Å². The lowest BCUT2D eigenvalue weighted by Gasteiger charge is -2.31. The number of amides is 2. The highest BCUT2D eigenvalue weighted by Crippen LogP contribution is 2.19. The summed E-state index contributed by atoms with van der Waals surface area (Å²) in [5, 5.41) is 0. The standard InChI is InChI=1S/C22H33N3O4/c1-22(2,3)21(27)24(12-8-13-28-5)17-20(26)25(16-19-10-7-14-29-19)15-18-9-6-11-23(18)4/h6-7,9-11,14H,8,12-13,15-17H2,1-5H3. The zero-order valence-electron chi connectivity index (χ0n) is 18.2. The van der Waals surface area contributed by atoms with E-state index < -0.39 is 5.41 Å². The third-order valence-corrected chi connectivity index (χ3v) is 4.72. The van der Waals surface area contributed by atoms with Crippen molar-refractivity contribution in [2.24, 2.45) is 12.5 Å². The van der Waals surface area contributed by atoms with Crippen LogP contribution < -0.4 is 0 Å². The molecule has 0 atom stereocenters. The Morgan fingerprint density at radius 1 is 1.14 bits per heavy atom. The zero-order valence-corrected chi connectivity index (χ0v) is 18.2. The van der Waals surface area contributed by atoms with E-state index >= 15 is 0 Å². The highest BCUT2D eigenvalue weighted by Gasteiger charge is 2.30. The number of methoxy groups -OCH3 is 1. The molecule has 0 aliphatic carbocycles. The minimum atomic E-state index is -0.558. The lowest BCUT2D eigenvalue weighted by atomic mass is 9.94. The van der Waals surface area contributed by atoms with E-state index in [0.29, 0.717) is 38.4 Å². The van der Waals surface area contributed by atoms with Crippen molar-refractivity contribution in [1.29, 1.82) is 0 Å². The number of carbonyl (C=O) groups excluding carboxylic acids is 2. The lowest BCUT2D eigenvalue weighted by Crippen LogP contribution is -2.46. The molecule has 0 aliphatic heterocycles. The van der Waals surface area contributed by atoms with Gasteiger partial charge in [0.2, 0.25) is 11.8 Å². The summed E-state index contributed by atoms with van der Waals surface area (Å²) in [6.45, 7) is 7.46. The fourth-order valence-corrected chi connectivity index (χ4v) is 3.07. The molecule has 0 aliphatic rings. The molecule has 0 bridgehead atoms. The van der Waals surface area contributed by atoms with Crippen molar-refractivity contribution in [3.05, 3.63) is 48.2 Å². The first-order valence-electron chi connectivity index (χ1n) is 9.91. The van der Waals surface area contributed by atoms with Gasteiger partial charge in [-0.25, -0.2) is 0 Å². The Labute approximate surface area is 173 Å². The summed E-state index contributed by atoms with van der Waals surface area (Å²) in [6.07, 6.45) is 4.23. The smallest absolute Gasteiger partial charge is 0.242 e. The summed E-state index contributed by atoms with van der Waals surface area (Å²) < 4.78 is 12.6. The Morgan fingerprint density at radius 3 is 2.45 bits per heavy atom. The van der Waals surface area contributed by atoms with Gasteiger partial charge in [-0.1, -0.05) is 20.8 Å². The number of rotatable bonds is 10. The van der Waals surface area contributed by atoms with Crippen molar-refractivity contribution in [3.63, 3.8) is 0 Å². The first kappa shape index (κ1) is 22.7. The monoisotopic (exact) mass is 403 g/mol. The van der Waals surface area contributed by atoms with E-state index in [-0.39, 0.29) is 18.4 Å². The Balaban J connectivity index is 2.17. The highest BCUT2D eigenvalue weighted by molar-refractivity contribution is 5.87. The van der Waals surface area contributed by atoms with Crippen LogP contribution in [0.3, 0.4) is 0 Å². The molecule has 2 aromatic heterocycles. The molecule has 2 amide bonds. The molecule has 2 rings (SSSR count). The molecule has 2 heterocycles. The predicted octanol–water partition coefficient (Wildman–Crippen LogP) is 3.06. The summed E-state index contributed by atoms with van der Waals surface area (Å²) in [7, 11) is 3.58. The van der Waals surface area contributed by atoms with Crippen molar-refractivity contribution in [2.45, 2.75) is 40.3 Å². The third kappa shape index (κ3) is 6.78. The highest BCUT2D eigenvalue weighted by atomic mass is 16.5. The molecular weight excluding hydrogens is 370 g/mol. The average Bonchev–Trinajstić information content (AvgIpc) is 3.31. The molecule has 29 heavy (non-hydrogen) atoms. The van der Waals surface area contributed by atoms with Crippen LogP contribution in [0.15, 0.2) is 41.1 Å². The quantitative estimate of drug-likeness (QED) is 0.572. The topological polar surface area (TPSA) is 67.9 Å². The molecule has 0 saturated carbocycles. The van der Waals surface area contributed by atoms with Crippen LogP contribution in [-0.4, -0.2) is 53.0 Å². The summed E-state index contributed by atoms with van der Waals surface area (Å²) in [6, 6.07) is 7.59. The molecular formula is C22H33N3O4. The molecule has 7 heteroatoms. The lowest BCUT2D eigenvalue weighted by molar-refractivity contribution is -0.146. The van der Waals surface area contributed by atoms with Crippen molar-refractivity contribution in [2.75, 3.05) is 26.8 Å². The molecule has 0 spiro atoms. The third-order valence-electron chi connectivity index (χ3n) is 4.72. The van der Waals surface area contributed by atoms with Crippen LogP contribution in [0.1, 0.15) is 38.6 Å². The Bertz CT molecular complexity index is 774. The fraction of sp³-hybridized carbons (Fsp3) is 0.545. The second-order valence-electron chi connectivity index (χ2n) is 8.26. The van der Waals surface area contributed by atoms with E-state index in [1.807, 2.05) is 56.8 Å². The molecule has 0 saturated heterocycles. The number of aromatic nitrogens is 1. The van der Waals surface area contributed by atoms with Crippen molar-refractivity contribution < 1.29 is 18.7 Å². The van der Waals surface area contributed by atoms with Gasteiger partial charge in [-0.2, -0.15) is 0 Å². The minimum absolute atomic E-state index is 0.0327. The largest absolute Gasteiger partial charge is 0.467 e. The van der Waals surface area contributed by atoms with E-state index in [2.05, 4.69) is 0 Å². The molecule has 0 unspecified atom stereocenters. The minimum Gasteiger partial charge on any atom is -0.467 e. The second kappa shape index (κ2) is 10.3. The van der Waals surface area contributed by atoms with E-state index in [9.17, 15) is 9.59 Å². The molecule has 7 nitrogen and oxygen atoms in total. The number of hydrogen-bond acceptors (Lipinski definition) is 4. The van der Waals surface area contributed by atoms with Gasteiger partial charge in [-0.05, 0) is 30.7 Å². The Hall–Kier alpha value is -2.54. The number of ether oxygens (including phenoxy) is 1.